The van der Waals surface area contributed by atoms with Crippen LogP contribution < -0.4 is 0 Å². The maximum atomic E-state index is 12.3. The fraction of sp³-hybridized carbons (Fsp3) is 0.938. The van der Waals surface area contributed by atoms with Crippen molar-refractivity contribution in [3.63, 3.8) is 0 Å². The number of carbonyl (C=O) groups excluding carboxylic acids is 1. The summed E-state index contributed by atoms with van der Waals surface area (Å²) in [6.07, 6.45) is 6.94. The highest BCUT2D eigenvalue weighted by atomic mass is 16.3. The van der Waals surface area contributed by atoms with Gasteiger partial charge in [0.2, 0.25) is 5.91 Å². The van der Waals surface area contributed by atoms with E-state index in [9.17, 15) is 9.90 Å². The van der Waals surface area contributed by atoms with E-state index in [-0.39, 0.29) is 12.1 Å². The molecule has 2 aliphatic heterocycles. The summed E-state index contributed by atoms with van der Waals surface area (Å²) in [7, 11) is 0. The zero-order chi connectivity index (χ0) is 14.5. The second kappa shape index (κ2) is 7.41. The van der Waals surface area contributed by atoms with Gasteiger partial charge in [0, 0.05) is 31.6 Å². The van der Waals surface area contributed by atoms with Crippen LogP contribution in [0.15, 0.2) is 0 Å². The summed E-state index contributed by atoms with van der Waals surface area (Å²) in [6.45, 7) is 6.96. The Morgan fingerprint density at radius 3 is 2.70 bits per heavy atom. The summed E-state index contributed by atoms with van der Waals surface area (Å²) in [5, 5.41) is 10.1. The van der Waals surface area contributed by atoms with Crippen molar-refractivity contribution in [2.24, 2.45) is 0 Å². The number of piperidine rings is 1. The van der Waals surface area contributed by atoms with Crippen molar-refractivity contribution < 1.29 is 9.90 Å². The number of carbonyl (C=O) groups is 1. The molecule has 1 amide bonds. The Balaban J connectivity index is 1.83. The molecule has 2 heterocycles. The third-order valence-electron chi connectivity index (χ3n) is 5.01. The standard InChI is InChI=1S/C16H30N2O2/c1-3-15(19)14-8-4-5-10-17(14)12-9-16(20)18-11-6-7-13(18)2/h13-15,19H,3-12H2,1-2H3. The minimum absolute atomic E-state index is 0.240. The first-order valence-corrected chi connectivity index (χ1v) is 8.35. The van der Waals surface area contributed by atoms with Gasteiger partial charge in [-0.1, -0.05) is 13.3 Å². The minimum Gasteiger partial charge on any atom is -0.392 e. The van der Waals surface area contributed by atoms with E-state index in [1.165, 1.54) is 12.8 Å². The topological polar surface area (TPSA) is 43.8 Å². The van der Waals surface area contributed by atoms with Crippen LogP contribution >= 0.6 is 0 Å². The predicted octanol–water partition coefficient (Wildman–Crippen LogP) is 2.01. The summed E-state index contributed by atoms with van der Waals surface area (Å²) < 4.78 is 0. The SMILES string of the molecule is CCC(O)C1CCCCN1CCC(=O)N1CCCC1C. The van der Waals surface area contributed by atoms with Crippen LogP contribution in [0.5, 0.6) is 0 Å². The van der Waals surface area contributed by atoms with Crippen LogP contribution in [-0.4, -0.2) is 58.6 Å². The fourth-order valence-electron chi connectivity index (χ4n) is 3.69. The monoisotopic (exact) mass is 282 g/mol. The highest BCUT2D eigenvalue weighted by Gasteiger charge is 2.29. The molecule has 2 rings (SSSR count). The number of likely N-dealkylation sites (tertiary alicyclic amines) is 2. The van der Waals surface area contributed by atoms with Gasteiger partial charge in [-0.2, -0.15) is 0 Å². The molecule has 3 unspecified atom stereocenters. The van der Waals surface area contributed by atoms with Crippen molar-refractivity contribution >= 4 is 5.91 Å². The van der Waals surface area contributed by atoms with Crippen molar-refractivity contribution in [3.8, 4) is 0 Å². The number of hydrogen-bond donors (Lipinski definition) is 1. The normalized spacial score (nSPS) is 29.6. The van der Waals surface area contributed by atoms with Crippen LogP contribution in [0.25, 0.3) is 0 Å². The molecule has 0 aliphatic carbocycles. The zero-order valence-corrected chi connectivity index (χ0v) is 13.1. The van der Waals surface area contributed by atoms with E-state index in [0.29, 0.717) is 18.4 Å². The molecule has 4 nitrogen and oxygen atoms in total. The molecule has 0 spiro atoms. The van der Waals surface area contributed by atoms with Gasteiger partial charge >= 0.3 is 0 Å². The van der Waals surface area contributed by atoms with Crippen LogP contribution in [0.3, 0.4) is 0 Å². The van der Waals surface area contributed by atoms with Crippen molar-refractivity contribution in [1.29, 1.82) is 0 Å². The minimum atomic E-state index is -0.240. The molecule has 0 aromatic carbocycles. The molecule has 4 heteroatoms. The number of amides is 1. The van der Waals surface area contributed by atoms with Crippen molar-refractivity contribution in [3.05, 3.63) is 0 Å². The summed E-state index contributed by atoms with van der Waals surface area (Å²) in [6, 6.07) is 0.679. The summed E-state index contributed by atoms with van der Waals surface area (Å²) in [5.74, 6) is 0.297. The molecule has 2 aliphatic rings. The number of nitrogens with zero attached hydrogens (tertiary/aromatic N) is 2. The maximum Gasteiger partial charge on any atom is 0.224 e. The van der Waals surface area contributed by atoms with E-state index < -0.39 is 0 Å². The van der Waals surface area contributed by atoms with Crippen molar-refractivity contribution in [1.82, 2.24) is 9.80 Å². The molecule has 0 aromatic heterocycles. The Morgan fingerprint density at radius 2 is 2.05 bits per heavy atom. The third kappa shape index (κ3) is 3.73. The summed E-state index contributed by atoms with van der Waals surface area (Å²) in [5.41, 5.74) is 0. The zero-order valence-electron chi connectivity index (χ0n) is 13.1. The van der Waals surface area contributed by atoms with E-state index in [2.05, 4.69) is 11.8 Å². The van der Waals surface area contributed by atoms with E-state index >= 15 is 0 Å². The molecular formula is C16H30N2O2. The largest absolute Gasteiger partial charge is 0.392 e. The molecule has 3 atom stereocenters. The van der Waals surface area contributed by atoms with Gasteiger partial charge in [0.1, 0.15) is 0 Å². The lowest BCUT2D eigenvalue weighted by molar-refractivity contribution is -0.132. The second-order valence-electron chi connectivity index (χ2n) is 6.40. The summed E-state index contributed by atoms with van der Waals surface area (Å²) in [4.78, 5) is 16.7. The van der Waals surface area contributed by atoms with E-state index in [0.717, 1.165) is 45.3 Å². The lowest BCUT2D eigenvalue weighted by atomic mass is 9.95. The average Bonchev–Trinajstić information content (AvgIpc) is 2.90. The van der Waals surface area contributed by atoms with Gasteiger partial charge in [-0.05, 0) is 45.6 Å². The van der Waals surface area contributed by atoms with Crippen LogP contribution in [0.2, 0.25) is 0 Å². The highest BCUT2D eigenvalue weighted by Crippen LogP contribution is 2.22. The third-order valence-corrected chi connectivity index (χ3v) is 5.01. The quantitative estimate of drug-likeness (QED) is 0.839. The van der Waals surface area contributed by atoms with E-state index in [4.69, 9.17) is 0 Å². The Bertz CT molecular complexity index is 322. The second-order valence-corrected chi connectivity index (χ2v) is 6.40. The first kappa shape index (κ1) is 15.8. The van der Waals surface area contributed by atoms with Gasteiger partial charge in [-0.15, -0.1) is 0 Å². The van der Waals surface area contributed by atoms with Crippen LogP contribution in [0, 0.1) is 0 Å². The van der Waals surface area contributed by atoms with Gasteiger partial charge in [0.15, 0.2) is 0 Å². The lowest BCUT2D eigenvalue weighted by Crippen LogP contribution is -2.48. The Morgan fingerprint density at radius 1 is 1.25 bits per heavy atom. The number of hydrogen-bond acceptors (Lipinski definition) is 3. The molecule has 1 N–H and O–H groups in total. The van der Waals surface area contributed by atoms with E-state index in [1.54, 1.807) is 0 Å². The molecule has 2 saturated heterocycles. The van der Waals surface area contributed by atoms with Crippen LogP contribution in [-0.2, 0) is 4.79 Å². The molecule has 20 heavy (non-hydrogen) atoms. The van der Waals surface area contributed by atoms with Gasteiger partial charge in [0.25, 0.3) is 0 Å². The first-order chi connectivity index (χ1) is 9.63. The lowest BCUT2D eigenvalue weighted by Gasteiger charge is -2.38. The Kier molecular flexibility index (Phi) is 5.85. The Labute approximate surface area is 123 Å². The highest BCUT2D eigenvalue weighted by molar-refractivity contribution is 5.77. The number of rotatable bonds is 5. The fourth-order valence-corrected chi connectivity index (χ4v) is 3.69. The average molecular weight is 282 g/mol. The molecule has 0 radical (unpaired) electrons. The van der Waals surface area contributed by atoms with Gasteiger partial charge in [0.05, 0.1) is 6.10 Å². The first-order valence-electron chi connectivity index (χ1n) is 8.35. The van der Waals surface area contributed by atoms with Gasteiger partial charge < -0.3 is 10.0 Å². The van der Waals surface area contributed by atoms with Gasteiger partial charge in [-0.3, -0.25) is 9.69 Å². The molecule has 116 valence electrons. The summed E-state index contributed by atoms with van der Waals surface area (Å²) >= 11 is 0. The maximum absolute atomic E-state index is 12.3. The van der Waals surface area contributed by atoms with Crippen molar-refractivity contribution in [2.75, 3.05) is 19.6 Å². The van der Waals surface area contributed by atoms with Crippen LogP contribution in [0.1, 0.15) is 58.8 Å². The van der Waals surface area contributed by atoms with E-state index in [1.807, 2.05) is 11.8 Å². The number of aliphatic hydroxyl groups excluding tert-OH is 1. The molecular weight excluding hydrogens is 252 g/mol. The molecule has 0 bridgehead atoms. The smallest absolute Gasteiger partial charge is 0.224 e. The predicted molar refractivity (Wildman–Crippen MR) is 80.5 cm³/mol. The molecule has 0 saturated carbocycles. The molecule has 2 fully saturated rings. The number of aliphatic hydroxyl groups is 1. The van der Waals surface area contributed by atoms with Crippen LogP contribution in [0.4, 0.5) is 0 Å². The Hall–Kier alpha value is -0.610. The van der Waals surface area contributed by atoms with Crippen molar-refractivity contribution in [2.45, 2.75) is 77.0 Å². The van der Waals surface area contributed by atoms with Gasteiger partial charge in [-0.25, -0.2) is 0 Å². The molecule has 0 aromatic rings.